The van der Waals surface area contributed by atoms with Crippen molar-refractivity contribution in [3.63, 3.8) is 0 Å². The lowest BCUT2D eigenvalue weighted by Crippen LogP contribution is -2.00. The Morgan fingerprint density at radius 3 is 2.08 bits per heavy atom. The molecule has 0 saturated carbocycles. The van der Waals surface area contributed by atoms with E-state index in [-0.39, 0.29) is 0 Å². The lowest BCUT2D eigenvalue weighted by molar-refractivity contribution is 0.543. The van der Waals surface area contributed by atoms with E-state index in [1.165, 1.54) is 0 Å². The largest absolute Gasteiger partial charge is 0.314 e. The predicted octanol–water partition coefficient (Wildman–Crippen LogP) is 1.58. The highest BCUT2D eigenvalue weighted by Gasteiger charge is 2.10. The van der Waals surface area contributed by atoms with Gasteiger partial charge in [0.1, 0.15) is 11.5 Å². The van der Waals surface area contributed by atoms with Crippen LogP contribution in [0, 0.1) is 17.5 Å². The molecule has 0 aliphatic rings. The molecule has 5 heteroatoms. The van der Waals surface area contributed by atoms with Crippen molar-refractivity contribution < 1.29 is 18.0 Å². The van der Waals surface area contributed by atoms with E-state index < -0.39 is 23.1 Å². The Labute approximate surface area is 66.0 Å². The normalized spacial score (nSPS) is 9.58. The Morgan fingerprint density at radius 2 is 1.67 bits per heavy atom. The van der Waals surface area contributed by atoms with Crippen molar-refractivity contribution in [3.05, 3.63) is 29.6 Å². The van der Waals surface area contributed by atoms with Crippen LogP contribution in [0.4, 0.5) is 18.9 Å². The van der Waals surface area contributed by atoms with Gasteiger partial charge in [-0.2, -0.15) is 0 Å². The van der Waals surface area contributed by atoms with Crippen molar-refractivity contribution in [2.24, 2.45) is 0 Å². The highest BCUT2D eigenvalue weighted by Crippen LogP contribution is 2.18. The van der Waals surface area contributed by atoms with E-state index >= 15 is 0 Å². The van der Waals surface area contributed by atoms with Crippen LogP contribution in [0.2, 0.25) is 0 Å². The van der Waals surface area contributed by atoms with Gasteiger partial charge >= 0.3 is 6.41 Å². The van der Waals surface area contributed by atoms with Gasteiger partial charge in [0.25, 0.3) is 0 Å². The van der Waals surface area contributed by atoms with Crippen molar-refractivity contribution in [3.8, 4) is 0 Å². The van der Waals surface area contributed by atoms with Crippen LogP contribution in [-0.4, -0.2) is 6.41 Å². The Kier molecular flexibility index (Phi) is 2.32. The maximum Gasteiger partial charge on any atom is 0.314 e. The van der Waals surface area contributed by atoms with Crippen LogP contribution in [0.1, 0.15) is 0 Å². The molecule has 1 rings (SSSR count). The third kappa shape index (κ3) is 1.55. The fourth-order valence-corrected chi connectivity index (χ4v) is 0.713. The van der Waals surface area contributed by atoms with Gasteiger partial charge in [-0.25, -0.2) is 13.2 Å². The number of halogens is 3. The van der Waals surface area contributed by atoms with Gasteiger partial charge in [0.2, 0.25) is 0 Å². The quantitative estimate of drug-likeness (QED) is 0.677. The van der Waals surface area contributed by atoms with Crippen molar-refractivity contribution in [1.82, 2.24) is 0 Å². The molecular weight excluding hydrogens is 171 g/mol. The van der Waals surface area contributed by atoms with Gasteiger partial charge < -0.3 is 5.32 Å². The molecule has 2 nitrogen and oxygen atoms in total. The molecule has 0 atom stereocenters. The fraction of sp³-hybridized carbons (Fsp3) is 0. The standard InChI is InChI=1S/C7H3F3NO/c8-4-1-5(9)7(11-3-12)6(10)2-4/h1-2H,(H,11,12). The van der Waals surface area contributed by atoms with Crippen molar-refractivity contribution in [1.29, 1.82) is 0 Å². The summed E-state index contributed by atoms with van der Waals surface area (Å²) >= 11 is 0. The van der Waals surface area contributed by atoms with Crippen molar-refractivity contribution >= 4 is 12.1 Å². The number of benzene rings is 1. The highest BCUT2D eigenvalue weighted by molar-refractivity contribution is 5.72. The zero-order chi connectivity index (χ0) is 9.14. The summed E-state index contributed by atoms with van der Waals surface area (Å²) in [6, 6.07) is 0.922. The van der Waals surface area contributed by atoms with E-state index in [4.69, 9.17) is 0 Å². The van der Waals surface area contributed by atoms with Crippen molar-refractivity contribution in [2.75, 3.05) is 5.32 Å². The minimum absolute atomic E-state index is 0.461. The molecule has 0 bridgehead atoms. The monoisotopic (exact) mass is 174 g/mol. The Bertz CT molecular complexity index is 291. The van der Waals surface area contributed by atoms with Gasteiger partial charge in [0.05, 0.1) is 0 Å². The average Bonchev–Trinajstić information content (AvgIpc) is 1.96. The number of rotatable bonds is 2. The first kappa shape index (κ1) is 8.58. The van der Waals surface area contributed by atoms with Crippen LogP contribution < -0.4 is 5.32 Å². The Hall–Kier alpha value is -1.52. The first-order chi connectivity index (χ1) is 5.65. The molecule has 0 fully saturated rings. The number of anilines is 1. The molecule has 0 aromatic heterocycles. The van der Waals surface area contributed by atoms with Crippen LogP contribution >= 0.6 is 0 Å². The summed E-state index contributed by atoms with van der Waals surface area (Å²) < 4.78 is 37.4. The number of hydrogen-bond acceptors (Lipinski definition) is 1. The van der Waals surface area contributed by atoms with E-state index in [2.05, 4.69) is 0 Å². The molecule has 1 aromatic rings. The molecule has 1 N–H and O–H groups in total. The molecule has 0 saturated heterocycles. The van der Waals surface area contributed by atoms with Gasteiger partial charge in [-0.3, -0.25) is 4.79 Å². The third-order valence-corrected chi connectivity index (χ3v) is 1.18. The molecular formula is C7H3F3NO. The smallest absolute Gasteiger partial charge is 0.313 e. The third-order valence-electron chi connectivity index (χ3n) is 1.18. The summed E-state index contributed by atoms with van der Waals surface area (Å²) in [6.45, 7) is 0. The van der Waals surface area contributed by atoms with Crippen LogP contribution in [0.3, 0.4) is 0 Å². The molecule has 0 aliphatic heterocycles. The lowest BCUT2D eigenvalue weighted by atomic mass is 10.3. The summed E-state index contributed by atoms with van der Waals surface area (Å²) in [5, 5.41) is 1.65. The molecule has 0 spiro atoms. The fourth-order valence-electron chi connectivity index (χ4n) is 0.713. The molecule has 0 heterocycles. The first-order valence-corrected chi connectivity index (χ1v) is 2.93. The first-order valence-electron chi connectivity index (χ1n) is 2.93. The van der Waals surface area contributed by atoms with Crippen LogP contribution in [0.25, 0.3) is 0 Å². The molecule has 1 amide bonds. The zero-order valence-corrected chi connectivity index (χ0v) is 5.70. The van der Waals surface area contributed by atoms with E-state index in [1.807, 2.05) is 0 Å². The predicted molar refractivity (Wildman–Crippen MR) is 35.6 cm³/mol. The topological polar surface area (TPSA) is 29.1 Å². The average molecular weight is 174 g/mol. The highest BCUT2D eigenvalue weighted by atomic mass is 19.1. The number of nitrogens with one attached hydrogen (secondary N) is 1. The molecule has 1 radical (unpaired) electrons. The molecule has 0 aliphatic carbocycles. The zero-order valence-electron chi connectivity index (χ0n) is 5.70. The minimum Gasteiger partial charge on any atom is -0.313 e. The Balaban J connectivity index is 3.18. The lowest BCUT2D eigenvalue weighted by Gasteiger charge is -2.00. The van der Waals surface area contributed by atoms with Gasteiger partial charge in [0, 0.05) is 12.1 Å². The van der Waals surface area contributed by atoms with Gasteiger partial charge in [0.15, 0.2) is 11.6 Å². The van der Waals surface area contributed by atoms with E-state index in [0.29, 0.717) is 12.1 Å². The maximum absolute atomic E-state index is 12.6. The summed E-state index contributed by atoms with van der Waals surface area (Å²) in [6.07, 6.45) is 1.08. The summed E-state index contributed by atoms with van der Waals surface area (Å²) in [5.41, 5.74) is -0.702. The molecule has 12 heavy (non-hydrogen) atoms. The second-order valence-corrected chi connectivity index (χ2v) is 1.97. The van der Waals surface area contributed by atoms with Gasteiger partial charge in [-0.1, -0.05) is 0 Å². The van der Waals surface area contributed by atoms with E-state index in [9.17, 15) is 18.0 Å². The number of amides is 1. The molecule has 1 aromatic carbocycles. The second-order valence-electron chi connectivity index (χ2n) is 1.97. The molecule has 63 valence electrons. The van der Waals surface area contributed by atoms with Gasteiger partial charge in [-0.15, -0.1) is 0 Å². The molecule has 0 unspecified atom stereocenters. The SMILES string of the molecule is O=[C]Nc1c(F)cc(F)cc1F. The number of hydrogen-bond donors (Lipinski definition) is 1. The summed E-state index contributed by atoms with van der Waals surface area (Å²) in [7, 11) is 0. The van der Waals surface area contributed by atoms with E-state index in [0.717, 1.165) is 6.41 Å². The number of carbonyl (C=O) groups excluding carboxylic acids is 1. The second kappa shape index (κ2) is 3.25. The van der Waals surface area contributed by atoms with Crippen LogP contribution in [0.5, 0.6) is 0 Å². The maximum atomic E-state index is 12.6. The minimum atomic E-state index is -1.17. The van der Waals surface area contributed by atoms with Crippen LogP contribution in [0.15, 0.2) is 12.1 Å². The van der Waals surface area contributed by atoms with E-state index in [1.54, 1.807) is 5.32 Å². The van der Waals surface area contributed by atoms with Crippen molar-refractivity contribution in [2.45, 2.75) is 0 Å². The Morgan fingerprint density at radius 1 is 1.17 bits per heavy atom. The van der Waals surface area contributed by atoms with Crippen LogP contribution in [-0.2, 0) is 4.79 Å². The van der Waals surface area contributed by atoms with Gasteiger partial charge in [-0.05, 0) is 0 Å². The summed E-state index contributed by atoms with van der Waals surface area (Å²) in [4.78, 5) is 9.70. The summed E-state index contributed by atoms with van der Waals surface area (Å²) in [5.74, 6) is -3.38.